The fraction of sp³-hybridized carbons (Fsp3) is 0.222. The first kappa shape index (κ1) is 20.9. The largest absolute Gasteiger partial charge is 0.416 e. The maximum atomic E-state index is 12.7. The summed E-state index contributed by atoms with van der Waals surface area (Å²) in [5.74, 6) is 1.47. The molecular formula is C27H26N4O2. The zero-order valence-electron chi connectivity index (χ0n) is 18.8. The van der Waals surface area contributed by atoms with Crippen LogP contribution in [0.2, 0.25) is 0 Å². The molecule has 0 aliphatic carbocycles. The third kappa shape index (κ3) is 4.65. The molecule has 1 saturated heterocycles. The van der Waals surface area contributed by atoms with Crippen molar-refractivity contribution in [2.45, 2.75) is 20.3 Å². The first-order valence-electron chi connectivity index (χ1n) is 11.2. The second-order valence-corrected chi connectivity index (χ2v) is 8.70. The van der Waals surface area contributed by atoms with Gasteiger partial charge in [-0.25, -0.2) is 0 Å². The summed E-state index contributed by atoms with van der Waals surface area (Å²) in [6.45, 7) is 6.48. The molecule has 0 bridgehead atoms. The number of hydrogen-bond acceptors (Lipinski definition) is 5. The third-order valence-electron chi connectivity index (χ3n) is 6.00. The number of nitrogens with zero attached hydrogens (tertiary/aromatic N) is 3. The van der Waals surface area contributed by atoms with Crippen LogP contribution in [0.3, 0.4) is 0 Å². The number of aryl methyl sites for hydroxylation is 1. The molecule has 166 valence electrons. The molecule has 1 N–H and O–H groups in total. The van der Waals surface area contributed by atoms with Crippen molar-refractivity contribution in [3.05, 3.63) is 83.9 Å². The molecule has 6 heteroatoms. The highest BCUT2D eigenvalue weighted by atomic mass is 16.4. The Morgan fingerprint density at radius 3 is 2.36 bits per heavy atom. The van der Waals surface area contributed by atoms with Crippen LogP contribution in [-0.4, -0.2) is 29.2 Å². The van der Waals surface area contributed by atoms with E-state index in [9.17, 15) is 4.79 Å². The van der Waals surface area contributed by atoms with Gasteiger partial charge in [-0.3, -0.25) is 4.79 Å². The highest BCUT2D eigenvalue weighted by Gasteiger charge is 2.19. The molecule has 1 aliphatic rings. The number of benzene rings is 3. The molecule has 1 unspecified atom stereocenters. The lowest BCUT2D eigenvalue weighted by Crippen LogP contribution is -2.19. The Kier molecular flexibility index (Phi) is 5.65. The van der Waals surface area contributed by atoms with E-state index in [0.717, 1.165) is 41.4 Å². The molecule has 5 rings (SSSR count). The average molecular weight is 439 g/mol. The van der Waals surface area contributed by atoms with E-state index in [4.69, 9.17) is 4.42 Å². The fourth-order valence-corrected chi connectivity index (χ4v) is 4.13. The minimum Gasteiger partial charge on any atom is -0.416 e. The molecule has 0 spiro atoms. The normalized spacial score (nSPS) is 15.6. The highest BCUT2D eigenvalue weighted by molar-refractivity contribution is 6.04. The lowest BCUT2D eigenvalue weighted by Gasteiger charge is -2.18. The van der Waals surface area contributed by atoms with E-state index in [-0.39, 0.29) is 5.91 Å². The summed E-state index contributed by atoms with van der Waals surface area (Å²) >= 11 is 0. The van der Waals surface area contributed by atoms with E-state index < -0.39 is 0 Å². The SMILES string of the molecule is Cc1cccc(-c2nnc(-c3ccc(C(=O)Nc4ccc(N5CCC(C)C5)cc4)cc3)o2)c1. The lowest BCUT2D eigenvalue weighted by molar-refractivity contribution is 0.102. The number of carbonyl (C=O) groups excluding carboxylic acids is 1. The van der Waals surface area contributed by atoms with Crippen molar-refractivity contribution in [3.8, 4) is 22.9 Å². The van der Waals surface area contributed by atoms with Gasteiger partial charge in [0.25, 0.3) is 5.91 Å². The van der Waals surface area contributed by atoms with Crippen molar-refractivity contribution in [2.24, 2.45) is 5.92 Å². The third-order valence-corrected chi connectivity index (χ3v) is 6.00. The second kappa shape index (κ2) is 8.90. The van der Waals surface area contributed by atoms with Gasteiger partial charge in [0.15, 0.2) is 0 Å². The second-order valence-electron chi connectivity index (χ2n) is 8.70. The summed E-state index contributed by atoms with van der Waals surface area (Å²) < 4.78 is 5.84. The quantitative estimate of drug-likeness (QED) is 0.426. The van der Waals surface area contributed by atoms with Crippen LogP contribution in [0.25, 0.3) is 22.9 Å². The van der Waals surface area contributed by atoms with Gasteiger partial charge < -0.3 is 14.6 Å². The molecule has 6 nitrogen and oxygen atoms in total. The Morgan fingerprint density at radius 2 is 1.70 bits per heavy atom. The number of hydrogen-bond donors (Lipinski definition) is 1. The zero-order chi connectivity index (χ0) is 22.8. The van der Waals surface area contributed by atoms with Gasteiger partial charge in [0.05, 0.1) is 0 Å². The number of aromatic nitrogens is 2. The Bertz CT molecular complexity index is 1260. The summed E-state index contributed by atoms with van der Waals surface area (Å²) in [4.78, 5) is 15.1. The molecule has 0 saturated carbocycles. The number of amides is 1. The summed E-state index contributed by atoms with van der Waals surface area (Å²) in [6.07, 6.45) is 1.23. The molecule has 4 aromatic rings. The summed E-state index contributed by atoms with van der Waals surface area (Å²) in [5, 5.41) is 11.3. The standard InChI is InChI=1S/C27H26N4O2/c1-18-4-3-5-22(16-18)27-30-29-26(33-27)21-8-6-20(7-9-21)25(32)28-23-10-12-24(13-11-23)31-15-14-19(2)17-31/h3-13,16,19H,14-15,17H2,1-2H3,(H,28,32). The van der Waals surface area contributed by atoms with Gasteiger partial charge in [-0.05, 0) is 79.9 Å². The molecule has 1 atom stereocenters. The van der Waals surface area contributed by atoms with Crippen LogP contribution in [-0.2, 0) is 0 Å². The van der Waals surface area contributed by atoms with E-state index >= 15 is 0 Å². The molecule has 1 amide bonds. The fourth-order valence-electron chi connectivity index (χ4n) is 4.13. The van der Waals surface area contributed by atoms with E-state index in [0.29, 0.717) is 17.3 Å². The van der Waals surface area contributed by atoms with Gasteiger partial charge in [0.1, 0.15) is 0 Å². The van der Waals surface area contributed by atoms with E-state index in [1.807, 2.05) is 55.5 Å². The van der Waals surface area contributed by atoms with Gasteiger partial charge in [0, 0.05) is 41.2 Å². The van der Waals surface area contributed by atoms with Crippen LogP contribution in [0.4, 0.5) is 11.4 Å². The Morgan fingerprint density at radius 1 is 0.970 bits per heavy atom. The van der Waals surface area contributed by atoms with Crippen molar-refractivity contribution in [2.75, 3.05) is 23.3 Å². The number of anilines is 2. The molecular weight excluding hydrogens is 412 g/mol. The van der Waals surface area contributed by atoms with E-state index in [1.54, 1.807) is 12.1 Å². The molecule has 1 aliphatic heterocycles. The number of nitrogens with one attached hydrogen (secondary N) is 1. The molecule has 33 heavy (non-hydrogen) atoms. The smallest absolute Gasteiger partial charge is 0.255 e. The van der Waals surface area contributed by atoms with Crippen LogP contribution in [0.1, 0.15) is 29.3 Å². The topological polar surface area (TPSA) is 71.3 Å². The zero-order valence-corrected chi connectivity index (χ0v) is 18.8. The van der Waals surface area contributed by atoms with Crippen molar-refractivity contribution >= 4 is 17.3 Å². The van der Waals surface area contributed by atoms with Crippen molar-refractivity contribution in [1.82, 2.24) is 10.2 Å². The van der Waals surface area contributed by atoms with Crippen molar-refractivity contribution in [1.29, 1.82) is 0 Å². The Hall–Kier alpha value is -3.93. The highest BCUT2D eigenvalue weighted by Crippen LogP contribution is 2.26. The van der Waals surface area contributed by atoms with Crippen LogP contribution in [0.5, 0.6) is 0 Å². The Labute approximate surface area is 193 Å². The van der Waals surface area contributed by atoms with Crippen LogP contribution < -0.4 is 10.2 Å². The van der Waals surface area contributed by atoms with Gasteiger partial charge in [-0.2, -0.15) is 0 Å². The van der Waals surface area contributed by atoms with Crippen LogP contribution >= 0.6 is 0 Å². The molecule has 1 fully saturated rings. The predicted octanol–water partition coefficient (Wildman–Crippen LogP) is 5.81. The molecule has 1 aromatic heterocycles. The van der Waals surface area contributed by atoms with Gasteiger partial charge in [0.2, 0.25) is 11.8 Å². The lowest BCUT2D eigenvalue weighted by atomic mass is 10.1. The predicted molar refractivity (Wildman–Crippen MR) is 130 cm³/mol. The maximum Gasteiger partial charge on any atom is 0.255 e. The minimum atomic E-state index is -0.157. The first-order chi connectivity index (χ1) is 16.0. The van der Waals surface area contributed by atoms with Gasteiger partial charge in [-0.1, -0.05) is 24.6 Å². The van der Waals surface area contributed by atoms with E-state index in [2.05, 4.69) is 39.5 Å². The van der Waals surface area contributed by atoms with Gasteiger partial charge in [-0.15, -0.1) is 10.2 Å². The molecule has 2 heterocycles. The van der Waals surface area contributed by atoms with E-state index in [1.165, 1.54) is 12.1 Å². The monoisotopic (exact) mass is 438 g/mol. The number of carbonyl (C=O) groups is 1. The van der Waals surface area contributed by atoms with Gasteiger partial charge >= 0.3 is 0 Å². The van der Waals surface area contributed by atoms with Crippen molar-refractivity contribution in [3.63, 3.8) is 0 Å². The van der Waals surface area contributed by atoms with Crippen LogP contribution in [0, 0.1) is 12.8 Å². The van der Waals surface area contributed by atoms with Crippen molar-refractivity contribution < 1.29 is 9.21 Å². The van der Waals surface area contributed by atoms with Crippen LogP contribution in [0.15, 0.2) is 77.2 Å². The molecule has 3 aromatic carbocycles. The number of rotatable bonds is 5. The molecule has 0 radical (unpaired) electrons. The minimum absolute atomic E-state index is 0.157. The summed E-state index contributed by atoms with van der Waals surface area (Å²) in [6, 6.07) is 23.1. The average Bonchev–Trinajstić information content (AvgIpc) is 3.49. The maximum absolute atomic E-state index is 12.7. The summed E-state index contributed by atoms with van der Waals surface area (Å²) in [5.41, 5.74) is 5.32. The first-order valence-corrected chi connectivity index (χ1v) is 11.2. The Balaban J connectivity index is 1.24. The summed E-state index contributed by atoms with van der Waals surface area (Å²) in [7, 11) is 0.